The quantitative estimate of drug-likeness (QED) is 0.879. The van der Waals surface area contributed by atoms with Crippen LogP contribution in [0.25, 0.3) is 0 Å². The number of aryl methyl sites for hydroxylation is 2. The Morgan fingerprint density at radius 3 is 2.47 bits per heavy atom. The Hall–Kier alpha value is -2.36. The number of carboxylic acids is 1. The van der Waals surface area contributed by atoms with Crippen molar-refractivity contribution in [2.45, 2.75) is 13.8 Å². The van der Waals surface area contributed by atoms with E-state index in [0.717, 1.165) is 16.8 Å². The van der Waals surface area contributed by atoms with Crippen LogP contribution in [0.1, 0.15) is 21.5 Å². The molecule has 4 heteroatoms. The van der Waals surface area contributed by atoms with Crippen molar-refractivity contribution in [2.24, 2.45) is 0 Å². The van der Waals surface area contributed by atoms with E-state index in [2.05, 4.69) is 5.32 Å². The predicted molar refractivity (Wildman–Crippen MR) is 72.6 cm³/mol. The molecule has 0 bridgehead atoms. The van der Waals surface area contributed by atoms with Crippen LogP contribution in [-0.4, -0.2) is 11.1 Å². The molecule has 0 atom stereocenters. The van der Waals surface area contributed by atoms with E-state index in [0.29, 0.717) is 5.69 Å². The summed E-state index contributed by atoms with van der Waals surface area (Å²) in [4.78, 5) is 10.8. The van der Waals surface area contributed by atoms with Crippen LogP contribution in [0.4, 0.5) is 15.8 Å². The zero-order valence-electron chi connectivity index (χ0n) is 10.7. The third-order valence-corrected chi connectivity index (χ3v) is 2.79. The van der Waals surface area contributed by atoms with Crippen molar-refractivity contribution in [3.63, 3.8) is 0 Å². The molecule has 3 nitrogen and oxygen atoms in total. The van der Waals surface area contributed by atoms with Crippen molar-refractivity contribution in [1.82, 2.24) is 0 Å². The molecule has 0 aromatic heterocycles. The summed E-state index contributed by atoms with van der Waals surface area (Å²) in [7, 11) is 0. The third-order valence-electron chi connectivity index (χ3n) is 2.79. The maximum absolute atomic E-state index is 13.3. The normalized spacial score (nSPS) is 10.3. The largest absolute Gasteiger partial charge is 0.478 e. The van der Waals surface area contributed by atoms with E-state index in [4.69, 9.17) is 5.11 Å². The Balaban J connectivity index is 2.30. The summed E-state index contributed by atoms with van der Waals surface area (Å²) in [5.74, 6) is -1.27. The zero-order chi connectivity index (χ0) is 14.0. The van der Waals surface area contributed by atoms with E-state index in [-0.39, 0.29) is 11.4 Å². The van der Waals surface area contributed by atoms with Crippen LogP contribution in [0.3, 0.4) is 0 Å². The fourth-order valence-corrected chi connectivity index (χ4v) is 1.90. The molecule has 0 saturated carbocycles. The molecular weight excluding hydrogens is 245 g/mol. The summed E-state index contributed by atoms with van der Waals surface area (Å²) in [5, 5.41) is 12.0. The van der Waals surface area contributed by atoms with Crippen molar-refractivity contribution >= 4 is 17.3 Å². The highest BCUT2D eigenvalue weighted by atomic mass is 19.1. The second kappa shape index (κ2) is 5.10. The number of carbonyl (C=O) groups is 1. The number of anilines is 2. The second-order valence-electron chi connectivity index (χ2n) is 4.48. The van der Waals surface area contributed by atoms with Gasteiger partial charge in [-0.1, -0.05) is 0 Å². The van der Waals surface area contributed by atoms with Crippen LogP contribution in [0.2, 0.25) is 0 Å². The fraction of sp³-hybridized carbons (Fsp3) is 0.133. The first-order valence-corrected chi connectivity index (χ1v) is 5.84. The average molecular weight is 259 g/mol. The van der Waals surface area contributed by atoms with Gasteiger partial charge in [-0.2, -0.15) is 0 Å². The predicted octanol–water partition coefficient (Wildman–Crippen LogP) is 3.88. The molecule has 0 aliphatic rings. The van der Waals surface area contributed by atoms with Gasteiger partial charge in [0.2, 0.25) is 0 Å². The Kier molecular flexibility index (Phi) is 3.51. The Morgan fingerprint density at radius 2 is 1.89 bits per heavy atom. The van der Waals surface area contributed by atoms with E-state index in [1.807, 2.05) is 13.0 Å². The third kappa shape index (κ3) is 3.10. The minimum absolute atomic E-state index is 0.235. The number of halogens is 1. The number of nitrogens with one attached hydrogen (secondary N) is 1. The van der Waals surface area contributed by atoms with Gasteiger partial charge in [-0.25, -0.2) is 9.18 Å². The van der Waals surface area contributed by atoms with Crippen molar-refractivity contribution in [1.29, 1.82) is 0 Å². The van der Waals surface area contributed by atoms with E-state index < -0.39 is 5.97 Å². The first-order valence-electron chi connectivity index (χ1n) is 5.84. The van der Waals surface area contributed by atoms with Gasteiger partial charge in [0.25, 0.3) is 0 Å². The van der Waals surface area contributed by atoms with Gasteiger partial charge in [0.15, 0.2) is 0 Å². The maximum atomic E-state index is 13.3. The topological polar surface area (TPSA) is 49.3 Å². The molecule has 0 aliphatic heterocycles. The number of hydrogen-bond acceptors (Lipinski definition) is 2. The van der Waals surface area contributed by atoms with E-state index in [1.165, 1.54) is 18.2 Å². The summed E-state index contributed by atoms with van der Waals surface area (Å²) in [6.07, 6.45) is 0. The Labute approximate surface area is 110 Å². The van der Waals surface area contributed by atoms with E-state index in [1.54, 1.807) is 19.1 Å². The molecule has 0 radical (unpaired) electrons. The molecular formula is C15H14FNO2. The number of benzene rings is 2. The smallest absolute Gasteiger partial charge is 0.335 e. The molecule has 19 heavy (non-hydrogen) atoms. The maximum Gasteiger partial charge on any atom is 0.335 e. The first-order chi connectivity index (χ1) is 8.95. The van der Waals surface area contributed by atoms with E-state index >= 15 is 0 Å². The van der Waals surface area contributed by atoms with Crippen LogP contribution in [0.15, 0.2) is 36.4 Å². The van der Waals surface area contributed by atoms with E-state index in [9.17, 15) is 9.18 Å². The highest BCUT2D eigenvalue weighted by molar-refractivity contribution is 5.88. The lowest BCUT2D eigenvalue weighted by Crippen LogP contribution is -1.99. The molecule has 0 unspecified atom stereocenters. The average Bonchev–Trinajstić information content (AvgIpc) is 2.30. The summed E-state index contributed by atoms with van der Waals surface area (Å²) < 4.78 is 13.3. The van der Waals surface area contributed by atoms with Crippen molar-refractivity contribution < 1.29 is 14.3 Å². The summed E-state index contributed by atoms with van der Waals surface area (Å²) >= 11 is 0. The molecule has 0 amide bonds. The molecule has 0 saturated heterocycles. The van der Waals surface area contributed by atoms with Crippen LogP contribution >= 0.6 is 0 Å². The standard InChI is InChI=1S/C15H14FNO2/c1-9-5-12(16)8-13(6-9)17-14-4-3-11(15(18)19)7-10(14)2/h3-8,17H,1-2H3,(H,18,19). The summed E-state index contributed by atoms with van der Waals surface area (Å²) in [6.45, 7) is 3.62. The lowest BCUT2D eigenvalue weighted by Gasteiger charge is -2.11. The van der Waals surface area contributed by atoms with Crippen molar-refractivity contribution in [3.8, 4) is 0 Å². The number of hydrogen-bond donors (Lipinski definition) is 2. The van der Waals surface area contributed by atoms with Crippen molar-refractivity contribution in [2.75, 3.05) is 5.32 Å². The highest BCUT2D eigenvalue weighted by Gasteiger charge is 2.06. The highest BCUT2D eigenvalue weighted by Crippen LogP contribution is 2.23. The van der Waals surface area contributed by atoms with Gasteiger partial charge in [-0.15, -0.1) is 0 Å². The number of aromatic carboxylic acids is 1. The van der Waals surface area contributed by atoms with Crippen LogP contribution in [0, 0.1) is 19.7 Å². The van der Waals surface area contributed by atoms with Gasteiger partial charge in [0.05, 0.1) is 5.56 Å². The van der Waals surface area contributed by atoms with Gasteiger partial charge in [0, 0.05) is 11.4 Å². The van der Waals surface area contributed by atoms with Crippen LogP contribution < -0.4 is 5.32 Å². The molecule has 0 heterocycles. The molecule has 2 rings (SSSR count). The van der Waals surface area contributed by atoms with Gasteiger partial charge < -0.3 is 10.4 Å². The molecule has 0 fully saturated rings. The molecule has 2 aromatic carbocycles. The van der Waals surface area contributed by atoms with Crippen LogP contribution in [0.5, 0.6) is 0 Å². The summed E-state index contributed by atoms with van der Waals surface area (Å²) in [5.41, 5.74) is 3.25. The van der Waals surface area contributed by atoms with Crippen LogP contribution in [-0.2, 0) is 0 Å². The lowest BCUT2D eigenvalue weighted by molar-refractivity contribution is 0.0697. The molecule has 2 aromatic rings. The number of rotatable bonds is 3. The number of carboxylic acid groups (broad SMARTS) is 1. The summed E-state index contributed by atoms with van der Waals surface area (Å²) in [6, 6.07) is 9.45. The molecule has 0 spiro atoms. The molecule has 98 valence electrons. The van der Waals surface area contributed by atoms with Gasteiger partial charge in [-0.05, 0) is 61.4 Å². The Morgan fingerprint density at radius 1 is 1.16 bits per heavy atom. The second-order valence-corrected chi connectivity index (χ2v) is 4.48. The monoisotopic (exact) mass is 259 g/mol. The zero-order valence-corrected chi connectivity index (χ0v) is 10.7. The molecule has 2 N–H and O–H groups in total. The molecule has 0 aliphatic carbocycles. The SMILES string of the molecule is Cc1cc(F)cc(Nc2ccc(C(=O)O)cc2C)c1. The van der Waals surface area contributed by atoms with Gasteiger partial charge in [0.1, 0.15) is 5.82 Å². The van der Waals surface area contributed by atoms with Gasteiger partial charge in [-0.3, -0.25) is 0 Å². The fourth-order valence-electron chi connectivity index (χ4n) is 1.90. The minimum Gasteiger partial charge on any atom is -0.478 e. The van der Waals surface area contributed by atoms with Gasteiger partial charge >= 0.3 is 5.97 Å². The lowest BCUT2D eigenvalue weighted by atomic mass is 10.1. The Bertz CT molecular complexity index is 618. The first kappa shape index (κ1) is 13.1. The van der Waals surface area contributed by atoms with Crippen molar-refractivity contribution in [3.05, 3.63) is 58.9 Å². The minimum atomic E-state index is -0.962.